The number of nitrogens with zero attached hydrogens (tertiary/aromatic N) is 1. The molecule has 0 heterocycles. The molecular weight excluding hydrogens is 188 g/mol. The molecule has 0 bridgehead atoms. The summed E-state index contributed by atoms with van der Waals surface area (Å²) >= 11 is 0. The maximum absolute atomic E-state index is 9.23. The Morgan fingerprint density at radius 2 is 2.13 bits per heavy atom. The van der Waals surface area contributed by atoms with E-state index in [0.717, 1.165) is 32.2 Å². The van der Waals surface area contributed by atoms with E-state index in [-0.39, 0.29) is 17.6 Å². The molecule has 3 nitrogen and oxygen atoms in total. The summed E-state index contributed by atoms with van der Waals surface area (Å²) in [6, 6.07) is 2.30. The molecule has 0 unspecified atom stereocenters. The van der Waals surface area contributed by atoms with Crippen LogP contribution in [0.1, 0.15) is 46.0 Å². The van der Waals surface area contributed by atoms with E-state index in [2.05, 4.69) is 11.4 Å². The van der Waals surface area contributed by atoms with Crippen LogP contribution in [0, 0.1) is 16.7 Å². The standard InChI is InChI=1S/C12H22N2O/c1-11(2,9-13)5-4-8-14-12(10-15)6-3-7-12/h14-15H,3-8,10H2,1-2H3. The van der Waals surface area contributed by atoms with Crippen LogP contribution >= 0.6 is 0 Å². The van der Waals surface area contributed by atoms with Crippen LogP contribution in [-0.4, -0.2) is 23.8 Å². The van der Waals surface area contributed by atoms with Gasteiger partial charge in [0.05, 0.1) is 18.1 Å². The van der Waals surface area contributed by atoms with Gasteiger partial charge in [-0.3, -0.25) is 0 Å². The van der Waals surface area contributed by atoms with Crippen LogP contribution in [0.2, 0.25) is 0 Å². The van der Waals surface area contributed by atoms with Gasteiger partial charge >= 0.3 is 0 Å². The second kappa shape index (κ2) is 4.96. The van der Waals surface area contributed by atoms with Crippen molar-refractivity contribution in [1.29, 1.82) is 5.26 Å². The Morgan fingerprint density at radius 1 is 1.47 bits per heavy atom. The quantitative estimate of drug-likeness (QED) is 0.657. The second-order valence-corrected chi connectivity index (χ2v) is 5.32. The van der Waals surface area contributed by atoms with E-state index in [4.69, 9.17) is 5.26 Å². The molecule has 1 saturated carbocycles. The summed E-state index contributed by atoms with van der Waals surface area (Å²) in [5, 5.41) is 21.5. The summed E-state index contributed by atoms with van der Waals surface area (Å²) in [7, 11) is 0. The fourth-order valence-corrected chi connectivity index (χ4v) is 1.93. The van der Waals surface area contributed by atoms with Crippen molar-refractivity contribution in [2.75, 3.05) is 13.2 Å². The molecule has 0 amide bonds. The zero-order valence-corrected chi connectivity index (χ0v) is 9.84. The van der Waals surface area contributed by atoms with Gasteiger partial charge in [0.15, 0.2) is 0 Å². The highest BCUT2D eigenvalue weighted by Crippen LogP contribution is 2.31. The topological polar surface area (TPSA) is 56.0 Å². The van der Waals surface area contributed by atoms with E-state index < -0.39 is 0 Å². The zero-order valence-electron chi connectivity index (χ0n) is 9.84. The van der Waals surface area contributed by atoms with E-state index in [1.807, 2.05) is 13.8 Å². The maximum atomic E-state index is 9.23. The second-order valence-electron chi connectivity index (χ2n) is 5.32. The molecule has 0 radical (unpaired) electrons. The van der Waals surface area contributed by atoms with Crippen LogP contribution < -0.4 is 5.32 Å². The first kappa shape index (κ1) is 12.5. The maximum Gasteiger partial charge on any atom is 0.0683 e. The van der Waals surface area contributed by atoms with Gasteiger partial charge in [-0.15, -0.1) is 0 Å². The van der Waals surface area contributed by atoms with Crippen LogP contribution in [0.4, 0.5) is 0 Å². The summed E-state index contributed by atoms with van der Waals surface area (Å²) in [6.07, 6.45) is 5.31. The lowest BCUT2D eigenvalue weighted by Crippen LogP contribution is -2.54. The third-order valence-electron chi connectivity index (χ3n) is 3.39. The predicted octanol–water partition coefficient (Wildman–Crippen LogP) is 1.82. The smallest absolute Gasteiger partial charge is 0.0683 e. The van der Waals surface area contributed by atoms with Crippen LogP contribution in [0.3, 0.4) is 0 Å². The minimum atomic E-state index is -0.215. The van der Waals surface area contributed by atoms with Crippen LogP contribution in [0.5, 0.6) is 0 Å². The van der Waals surface area contributed by atoms with Gasteiger partial charge in [-0.1, -0.05) is 0 Å². The van der Waals surface area contributed by atoms with Crippen LogP contribution in [0.25, 0.3) is 0 Å². The molecule has 0 aromatic heterocycles. The predicted molar refractivity (Wildman–Crippen MR) is 60.3 cm³/mol. The Bertz CT molecular complexity index is 233. The first-order valence-corrected chi connectivity index (χ1v) is 5.81. The molecule has 2 N–H and O–H groups in total. The molecular formula is C12H22N2O. The van der Waals surface area contributed by atoms with E-state index in [9.17, 15) is 5.11 Å². The largest absolute Gasteiger partial charge is 0.394 e. The highest BCUT2D eigenvalue weighted by Gasteiger charge is 2.35. The molecule has 1 fully saturated rings. The highest BCUT2D eigenvalue weighted by molar-refractivity contribution is 4.96. The Hall–Kier alpha value is -0.590. The number of hydrogen-bond donors (Lipinski definition) is 2. The highest BCUT2D eigenvalue weighted by atomic mass is 16.3. The lowest BCUT2D eigenvalue weighted by molar-refractivity contribution is 0.0881. The molecule has 0 aromatic rings. The molecule has 3 heteroatoms. The van der Waals surface area contributed by atoms with Gasteiger partial charge in [0.2, 0.25) is 0 Å². The molecule has 0 atom stereocenters. The minimum absolute atomic E-state index is 0.0107. The Kier molecular flexibility index (Phi) is 4.12. The van der Waals surface area contributed by atoms with Gasteiger partial charge in [0.25, 0.3) is 0 Å². The van der Waals surface area contributed by atoms with Gasteiger partial charge in [-0.2, -0.15) is 5.26 Å². The van der Waals surface area contributed by atoms with Crippen LogP contribution in [-0.2, 0) is 0 Å². The van der Waals surface area contributed by atoms with E-state index in [0.29, 0.717) is 0 Å². The molecule has 0 spiro atoms. The number of nitrogens with one attached hydrogen (secondary N) is 1. The van der Waals surface area contributed by atoms with Gasteiger partial charge in [0, 0.05) is 5.54 Å². The van der Waals surface area contributed by atoms with Crippen molar-refractivity contribution in [2.45, 2.75) is 51.5 Å². The van der Waals surface area contributed by atoms with Crippen molar-refractivity contribution in [3.8, 4) is 6.07 Å². The minimum Gasteiger partial charge on any atom is -0.394 e. The SMILES string of the molecule is CC(C)(C#N)CCCNC1(CO)CCC1. The van der Waals surface area contributed by atoms with Gasteiger partial charge in [-0.25, -0.2) is 0 Å². The molecule has 1 aliphatic carbocycles. The molecule has 0 aliphatic heterocycles. The molecule has 1 rings (SSSR count). The number of hydrogen-bond acceptors (Lipinski definition) is 3. The van der Waals surface area contributed by atoms with Crippen molar-refractivity contribution in [3.63, 3.8) is 0 Å². The van der Waals surface area contributed by atoms with Crippen molar-refractivity contribution < 1.29 is 5.11 Å². The fourth-order valence-electron chi connectivity index (χ4n) is 1.93. The first-order valence-electron chi connectivity index (χ1n) is 5.81. The van der Waals surface area contributed by atoms with Crippen molar-refractivity contribution in [2.24, 2.45) is 5.41 Å². The zero-order chi connectivity index (χ0) is 11.4. The van der Waals surface area contributed by atoms with Gasteiger partial charge < -0.3 is 10.4 Å². The monoisotopic (exact) mass is 210 g/mol. The summed E-state index contributed by atoms with van der Waals surface area (Å²) in [5.41, 5.74) is -0.204. The van der Waals surface area contributed by atoms with E-state index in [1.165, 1.54) is 6.42 Å². The normalized spacial score (nSPS) is 19.3. The number of aliphatic hydroxyl groups excluding tert-OH is 1. The summed E-state index contributed by atoms with van der Waals surface area (Å²) in [5.74, 6) is 0. The third-order valence-corrected chi connectivity index (χ3v) is 3.39. The summed E-state index contributed by atoms with van der Waals surface area (Å²) in [4.78, 5) is 0. The van der Waals surface area contributed by atoms with E-state index in [1.54, 1.807) is 0 Å². The molecule has 15 heavy (non-hydrogen) atoms. The van der Waals surface area contributed by atoms with Crippen molar-refractivity contribution >= 4 is 0 Å². The number of aliphatic hydroxyl groups is 1. The third kappa shape index (κ3) is 3.48. The van der Waals surface area contributed by atoms with Crippen molar-refractivity contribution in [3.05, 3.63) is 0 Å². The Labute approximate surface area is 92.5 Å². The van der Waals surface area contributed by atoms with E-state index >= 15 is 0 Å². The summed E-state index contributed by atoms with van der Waals surface area (Å²) < 4.78 is 0. The lowest BCUT2D eigenvalue weighted by atomic mass is 9.77. The average molecular weight is 210 g/mol. The Balaban J connectivity index is 2.14. The summed E-state index contributed by atoms with van der Waals surface area (Å²) in [6.45, 7) is 5.09. The van der Waals surface area contributed by atoms with Gasteiger partial charge in [-0.05, 0) is 52.5 Å². The molecule has 0 aromatic carbocycles. The molecule has 86 valence electrons. The fraction of sp³-hybridized carbons (Fsp3) is 0.917. The molecule has 0 saturated heterocycles. The van der Waals surface area contributed by atoms with Crippen LogP contribution in [0.15, 0.2) is 0 Å². The molecule has 1 aliphatic rings. The lowest BCUT2D eigenvalue weighted by Gasteiger charge is -2.41. The average Bonchev–Trinajstić information content (AvgIpc) is 2.16. The first-order chi connectivity index (χ1) is 7.04. The van der Waals surface area contributed by atoms with Crippen molar-refractivity contribution in [1.82, 2.24) is 5.32 Å². The number of rotatable bonds is 6. The number of nitriles is 1. The Morgan fingerprint density at radius 3 is 2.53 bits per heavy atom. The van der Waals surface area contributed by atoms with Gasteiger partial charge in [0.1, 0.15) is 0 Å².